The molecule has 0 aliphatic carbocycles. The smallest absolute Gasteiger partial charge is 0.336 e. The first-order valence-corrected chi connectivity index (χ1v) is 6.83. The van der Waals surface area contributed by atoms with E-state index >= 15 is 0 Å². The maximum atomic E-state index is 11.4. The van der Waals surface area contributed by atoms with Crippen LogP contribution in [0, 0.1) is 6.92 Å². The molecule has 1 saturated heterocycles. The molecular formula is C15H16O7. The van der Waals surface area contributed by atoms with Gasteiger partial charge in [0, 0.05) is 17.5 Å². The van der Waals surface area contributed by atoms with Gasteiger partial charge in [0.2, 0.25) is 6.29 Å². The molecule has 1 aliphatic heterocycles. The zero-order valence-electron chi connectivity index (χ0n) is 11.8. The summed E-state index contributed by atoms with van der Waals surface area (Å²) in [6.45, 7) is 1.37. The normalized spacial score (nSPS) is 28.2. The standard InChI is InChI=1S/C15H16O7/c1-7-4-12(17)21-10-5-8(2-3-9(7)10)20-15-14(19)13(18)11(6-16)22-15/h2-5,11,13-16,18-19H,6H2,1H3/t11-,13-,14+,15+/m0/s1. The third-order valence-corrected chi connectivity index (χ3v) is 3.67. The maximum Gasteiger partial charge on any atom is 0.336 e. The summed E-state index contributed by atoms with van der Waals surface area (Å²) in [6.07, 6.45) is -4.52. The fourth-order valence-corrected chi connectivity index (χ4v) is 2.48. The SMILES string of the molecule is Cc1cc(=O)oc2cc(O[C@@H]3O[C@@H](CO)[C@H](O)[C@H]3O)ccc12. The minimum Gasteiger partial charge on any atom is -0.462 e. The zero-order valence-corrected chi connectivity index (χ0v) is 11.8. The third-order valence-electron chi connectivity index (χ3n) is 3.67. The Morgan fingerprint density at radius 1 is 1.23 bits per heavy atom. The van der Waals surface area contributed by atoms with Crippen LogP contribution >= 0.6 is 0 Å². The monoisotopic (exact) mass is 308 g/mol. The van der Waals surface area contributed by atoms with Gasteiger partial charge in [0.25, 0.3) is 0 Å². The van der Waals surface area contributed by atoms with Crippen LogP contribution in [0.2, 0.25) is 0 Å². The highest BCUT2D eigenvalue weighted by Crippen LogP contribution is 2.27. The van der Waals surface area contributed by atoms with Crippen molar-refractivity contribution in [3.05, 3.63) is 40.2 Å². The minimum atomic E-state index is -1.28. The Morgan fingerprint density at radius 2 is 2.00 bits per heavy atom. The molecule has 1 aromatic carbocycles. The number of hydrogen-bond donors (Lipinski definition) is 3. The number of aryl methyl sites for hydroxylation is 1. The van der Waals surface area contributed by atoms with Gasteiger partial charge in [0.05, 0.1) is 6.61 Å². The number of rotatable bonds is 3. The molecule has 7 heteroatoms. The lowest BCUT2D eigenvalue weighted by Gasteiger charge is -2.17. The fraction of sp³-hybridized carbons (Fsp3) is 0.400. The van der Waals surface area contributed by atoms with Crippen LogP contribution in [0.3, 0.4) is 0 Å². The van der Waals surface area contributed by atoms with Crippen LogP contribution in [0.4, 0.5) is 0 Å². The molecule has 0 unspecified atom stereocenters. The van der Waals surface area contributed by atoms with Gasteiger partial charge in [0.1, 0.15) is 29.6 Å². The molecular weight excluding hydrogens is 292 g/mol. The van der Waals surface area contributed by atoms with E-state index in [-0.39, 0.29) is 0 Å². The molecule has 7 nitrogen and oxygen atoms in total. The molecule has 0 radical (unpaired) electrons. The van der Waals surface area contributed by atoms with Crippen LogP contribution in [-0.4, -0.2) is 46.5 Å². The van der Waals surface area contributed by atoms with E-state index in [1.54, 1.807) is 19.1 Å². The minimum absolute atomic E-state index is 0.316. The molecule has 0 saturated carbocycles. The molecule has 3 rings (SSSR count). The number of fused-ring (bicyclic) bond motifs is 1. The molecule has 0 amide bonds. The van der Waals surface area contributed by atoms with Crippen molar-refractivity contribution in [3.8, 4) is 5.75 Å². The first-order chi connectivity index (χ1) is 10.5. The number of ether oxygens (including phenoxy) is 2. The maximum absolute atomic E-state index is 11.4. The van der Waals surface area contributed by atoms with Crippen LogP contribution < -0.4 is 10.4 Å². The number of hydrogen-bond acceptors (Lipinski definition) is 7. The molecule has 22 heavy (non-hydrogen) atoms. The van der Waals surface area contributed by atoms with E-state index in [9.17, 15) is 15.0 Å². The Labute approximate surface area is 125 Å². The summed E-state index contributed by atoms with van der Waals surface area (Å²) in [5.41, 5.74) is 0.676. The Kier molecular flexibility index (Phi) is 3.88. The average molecular weight is 308 g/mol. The van der Waals surface area contributed by atoms with Gasteiger partial charge in [-0.2, -0.15) is 0 Å². The van der Waals surface area contributed by atoms with E-state index in [0.717, 1.165) is 10.9 Å². The van der Waals surface area contributed by atoms with Crippen LogP contribution in [0.25, 0.3) is 11.0 Å². The molecule has 1 aliphatic rings. The Balaban J connectivity index is 1.87. The molecule has 3 N–H and O–H groups in total. The van der Waals surface area contributed by atoms with E-state index in [1.807, 2.05) is 0 Å². The number of aliphatic hydroxyl groups is 3. The quantitative estimate of drug-likeness (QED) is 0.680. The van der Waals surface area contributed by atoms with Crippen LogP contribution in [0.5, 0.6) is 5.75 Å². The summed E-state index contributed by atoms with van der Waals surface area (Å²) in [7, 11) is 0. The summed E-state index contributed by atoms with van der Waals surface area (Å²) >= 11 is 0. The van der Waals surface area contributed by atoms with Gasteiger partial charge in [-0.3, -0.25) is 0 Å². The highest BCUT2D eigenvalue weighted by Gasteiger charge is 2.43. The molecule has 2 aromatic rings. The lowest BCUT2D eigenvalue weighted by Crippen LogP contribution is -2.35. The van der Waals surface area contributed by atoms with E-state index in [0.29, 0.717) is 11.3 Å². The first kappa shape index (κ1) is 15.0. The van der Waals surface area contributed by atoms with Crippen LogP contribution in [0.1, 0.15) is 5.56 Å². The molecule has 118 valence electrons. The first-order valence-electron chi connectivity index (χ1n) is 6.83. The largest absolute Gasteiger partial charge is 0.462 e. The van der Waals surface area contributed by atoms with Crippen molar-refractivity contribution >= 4 is 11.0 Å². The summed E-state index contributed by atoms with van der Waals surface area (Å²) in [5.74, 6) is 0.316. The summed E-state index contributed by atoms with van der Waals surface area (Å²) in [4.78, 5) is 11.4. The topological polar surface area (TPSA) is 109 Å². The summed E-state index contributed by atoms with van der Waals surface area (Å²) in [5, 5.41) is 29.3. The molecule has 0 spiro atoms. The third kappa shape index (κ3) is 2.59. The van der Waals surface area contributed by atoms with Gasteiger partial charge in [-0.05, 0) is 24.6 Å². The van der Waals surface area contributed by atoms with Gasteiger partial charge in [-0.1, -0.05) is 0 Å². The van der Waals surface area contributed by atoms with Gasteiger partial charge >= 0.3 is 5.63 Å². The molecule has 0 bridgehead atoms. The lowest BCUT2D eigenvalue weighted by molar-refractivity contribution is -0.116. The van der Waals surface area contributed by atoms with Crippen LogP contribution in [0.15, 0.2) is 33.5 Å². The molecule has 4 atom stereocenters. The van der Waals surface area contributed by atoms with Gasteiger partial charge in [0.15, 0.2) is 0 Å². The predicted molar refractivity (Wildman–Crippen MR) is 75.6 cm³/mol. The second-order valence-corrected chi connectivity index (χ2v) is 5.23. The summed E-state index contributed by atoms with van der Waals surface area (Å²) < 4.78 is 15.8. The second-order valence-electron chi connectivity index (χ2n) is 5.23. The Hall–Kier alpha value is -1.93. The van der Waals surface area contributed by atoms with Crippen molar-refractivity contribution in [2.45, 2.75) is 31.5 Å². The number of benzene rings is 1. The highest BCUT2D eigenvalue weighted by molar-refractivity contribution is 5.81. The fourth-order valence-electron chi connectivity index (χ4n) is 2.48. The number of aliphatic hydroxyl groups excluding tert-OH is 3. The van der Waals surface area contributed by atoms with Crippen molar-refractivity contribution in [1.29, 1.82) is 0 Å². The molecule has 1 aromatic heterocycles. The average Bonchev–Trinajstić information content (AvgIpc) is 2.74. The van der Waals surface area contributed by atoms with Crippen molar-refractivity contribution in [3.63, 3.8) is 0 Å². The van der Waals surface area contributed by atoms with Crippen molar-refractivity contribution in [1.82, 2.24) is 0 Å². The van der Waals surface area contributed by atoms with Gasteiger partial charge in [-0.25, -0.2) is 4.79 Å². The second kappa shape index (κ2) is 5.69. The van der Waals surface area contributed by atoms with Crippen molar-refractivity contribution < 1.29 is 29.2 Å². The van der Waals surface area contributed by atoms with Crippen molar-refractivity contribution in [2.75, 3.05) is 6.61 Å². The Bertz CT molecular complexity index is 738. The summed E-state index contributed by atoms with van der Waals surface area (Å²) in [6, 6.07) is 6.28. The zero-order chi connectivity index (χ0) is 15.9. The lowest BCUT2D eigenvalue weighted by atomic mass is 10.1. The van der Waals surface area contributed by atoms with Gasteiger partial charge < -0.3 is 29.2 Å². The van der Waals surface area contributed by atoms with Crippen molar-refractivity contribution in [2.24, 2.45) is 0 Å². The van der Waals surface area contributed by atoms with E-state index in [2.05, 4.69) is 0 Å². The predicted octanol–water partition coefficient (Wildman–Crippen LogP) is -0.0808. The molecule has 1 fully saturated rings. The van der Waals surface area contributed by atoms with E-state index in [1.165, 1.54) is 12.1 Å². The van der Waals surface area contributed by atoms with E-state index in [4.69, 9.17) is 19.0 Å². The highest BCUT2D eigenvalue weighted by atomic mass is 16.7. The van der Waals surface area contributed by atoms with E-state index < -0.39 is 36.8 Å². The van der Waals surface area contributed by atoms with Gasteiger partial charge in [-0.15, -0.1) is 0 Å². The Morgan fingerprint density at radius 3 is 2.68 bits per heavy atom. The molecule has 2 heterocycles. The van der Waals surface area contributed by atoms with Crippen LogP contribution in [-0.2, 0) is 4.74 Å².